The van der Waals surface area contributed by atoms with Crippen LogP contribution in [0.2, 0.25) is 0 Å². The van der Waals surface area contributed by atoms with E-state index in [1.165, 1.54) is 6.26 Å². The summed E-state index contributed by atoms with van der Waals surface area (Å²) in [5, 5.41) is 12.5. The molecule has 1 saturated heterocycles. The summed E-state index contributed by atoms with van der Waals surface area (Å²) >= 11 is 0. The third kappa shape index (κ3) is 3.08. The molecule has 1 aliphatic rings. The van der Waals surface area contributed by atoms with Gasteiger partial charge in [-0.3, -0.25) is 0 Å². The molecule has 0 aromatic rings. The fourth-order valence-corrected chi connectivity index (χ4v) is 1.92. The van der Waals surface area contributed by atoms with Gasteiger partial charge in [-0.2, -0.15) is 0 Å². The van der Waals surface area contributed by atoms with E-state index in [4.69, 9.17) is 0 Å². The summed E-state index contributed by atoms with van der Waals surface area (Å²) < 4.78 is 21.5. The summed E-state index contributed by atoms with van der Waals surface area (Å²) in [6.07, 6.45) is 2.35. The van der Waals surface area contributed by atoms with Crippen molar-refractivity contribution in [3.8, 4) is 0 Å². The summed E-state index contributed by atoms with van der Waals surface area (Å²) in [5.74, 6) is 0.176. The second-order valence-corrected chi connectivity index (χ2v) is 5.82. The topological polar surface area (TPSA) is 66.4 Å². The molecule has 0 aromatic carbocycles. The van der Waals surface area contributed by atoms with E-state index < -0.39 is 15.4 Å². The van der Waals surface area contributed by atoms with Crippen molar-refractivity contribution in [1.82, 2.24) is 5.32 Å². The average molecular weight is 193 g/mol. The molecule has 12 heavy (non-hydrogen) atoms. The summed E-state index contributed by atoms with van der Waals surface area (Å²) in [4.78, 5) is 0. The number of nitrogens with one attached hydrogen (secondary N) is 1. The minimum atomic E-state index is -2.86. The molecule has 5 heteroatoms. The van der Waals surface area contributed by atoms with Crippen molar-refractivity contribution in [2.24, 2.45) is 0 Å². The molecule has 0 radical (unpaired) electrons. The third-order valence-electron chi connectivity index (χ3n) is 2.07. The molecule has 1 aliphatic heterocycles. The quantitative estimate of drug-likeness (QED) is 0.610. The number of hydrogen-bond donors (Lipinski definition) is 2. The van der Waals surface area contributed by atoms with Gasteiger partial charge in [0, 0.05) is 25.1 Å². The van der Waals surface area contributed by atoms with Crippen LogP contribution in [0.5, 0.6) is 0 Å². The molecule has 0 aliphatic carbocycles. The first-order valence-corrected chi connectivity index (χ1v) is 6.08. The van der Waals surface area contributed by atoms with Gasteiger partial charge in [0.25, 0.3) is 0 Å². The smallest absolute Gasteiger partial charge is 0.147 e. The molecular formula is C7H15NO3S. The summed E-state index contributed by atoms with van der Waals surface area (Å²) in [6.45, 7) is 1.19. The molecule has 0 atom stereocenters. The van der Waals surface area contributed by atoms with Crippen LogP contribution in [0.15, 0.2) is 0 Å². The average Bonchev–Trinajstić information content (AvgIpc) is 1.81. The van der Waals surface area contributed by atoms with Crippen molar-refractivity contribution in [3.63, 3.8) is 0 Å². The van der Waals surface area contributed by atoms with Crippen LogP contribution in [-0.4, -0.2) is 44.2 Å². The first kappa shape index (κ1) is 9.95. The van der Waals surface area contributed by atoms with E-state index in [1.807, 2.05) is 0 Å². The molecule has 0 bridgehead atoms. The third-order valence-corrected chi connectivity index (χ3v) is 3.10. The van der Waals surface area contributed by atoms with E-state index in [9.17, 15) is 13.5 Å². The van der Waals surface area contributed by atoms with Crippen LogP contribution in [0.25, 0.3) is 0 Å². The lowest BCUT2D eigenvalue weighted by atomic mass is 9.92. The van der Waals surface area contributed by atoms with Crippen molar-refractivity contribution in [2.45, 2.75) is 18.4 Å². The van der Waals surface area contributed by atoms with E-state index >= 15 is 0 Å². The monoisotopic (exact) mass is 193 g/mol. The molecule has 0 unspecified atom stereocenters. The predicted molar refractivity (Wildman–Crippen MR) is 46.8 cm³/mol. The van der Waals surface area contributed by atoms with Crippen molar-refractivity contribution < 1.29 is 13.5 Å². The Hall–Kier alpha value is -0.130. The van der Waals surface area contributed by atoms with Crippen molar-refractivity contribution in [1.29, 1.82) is 0 Å². The number of β-amino-alcohol motifs (C(OH)–C–C–N with tert-alkyl or cyclic N) is 1. The van der Waals surface area contributed by atoms with Crippen LogP contribution in [0.3, 0.4) is 0 Å². The van der Waals surface area contributed by atoms with Gasteiger partial charge in [-0.25, -0.2) is 8.42 Å². The van der Waals surface area contributed by atoms with Gasteiger partial charge in [0.1, 0.15) is 9.84 Å². The van der Waals surface area contributed by atoms with Crippen molar-refractivity contribution >= 4 is 9.84 Å². The van der Waals surface area contributed by atoms with Gasteiger partial charge in [-0.15, -0.1) is 0 Å². The molecule has 2 N–H and O–H groups in total. The molecule has 0 saturated carbocycles. The molecule has 1 rings (SSSR count). The molecule has 1 heterocycles. The van der Waals surface area contributed by atoms with Gasteiger partial charge in [-0.1, -0.05) is 0 Å². The first-order valence-electron chi connectivity index (χ1n) is 4.02. The zero-order chi connectivity index (χ0) is 9.24. The van der Waals surface area contributed by atoms with E-state index in [-0.39, 0.29) is 5.75 Å². The van der Waals surface area contributed by atoms with Crippen LogP contribution in [0.4, 0.5) is 0 Å². The highest BCUT2D eigenvalue weighted by molar-refractivity contribution is 7.90. The van der Waals surface area contributed by atoms with Crippen molar-refractivity contribution in [3.05, 3.63) is 0 Å². The van der Waals surface area contributed by atoms with Gasteiger partial charge < -0.3 is 10.4 Å². The highest BCUT2D eigenvalue weighted by Gasteiger charge is 2.33. The largest absolute Gasteiger partial charge is 0.387 e. The maximum absolute atomic E-state index is 10.7. The predicted octanol–water partition coefficient (Wildman–Crippen LogP) is -0.854. The standard InChI is InChI=1S/C7H15NO3S/c1-12(10,11)4-2-3-7(9)5-8-6-7/h8-9H,2-6H2,1H3. The van der Waals surface area contributed by atoms with Crippen LogP contribution in [-0.2, 0) is 9.84 Å². The highest BCUT2D eigenvalue weighted by Crippen LogP contribution is 2.17. The van der Waals surface area contributed by atoms with E-state index in [2.05, 4.69) is 5.32 Å². The van der Waals surface area contributed by atoms with Crippen LogP contribution in [0, 0.1) is 0 Å². The summed E-state index contributed by atoms with van der Waals surface area (Å²) in [7, 11) is -2.86. The second-order valence-electron chi connectivity index (χ2n) is 3.56. The van der Waals surface area contributed by atoms with Crippen LogP contribution in [0.1, 0.15) is 12.8 Å². The Kier molecular flexibility index (Phi) is 2.75. The molecule has 1 fully saturated rings. The Bertz CT molecular complexity index is 243. The fourth-order valence-electron chi connectivity index (χ4n) is 1.25. The molecule has 72 valence electrons. The highest BCUT2D eigenvalue weighted by atomic mass is 32.2. The fraction of sp³-hybridized carbons (Fsp3) is 1.00. The molecule has 4 nitrogen and oxygen atoms in total. The number of rotatable bonds is 4. The lowest BCUT2D eigenvalue weighted by Gasteiger charge is -2.37. The van der Waals surface area contributed by atoms with E-state index in [1.54, 1.807) is 0 Å². The molecular weight excluding hydrogens is 178 g/mol. The summed E-state index contributed by atoms with van der Waals surface area (Å²) in [5.41, 5.74) is -0.634. The van der Waals surface area contributed by atoms with Gasteiger partial charge in [0.05, 0.1) is 5.60 Å². The molecule has 0 aromatic heterocycles. The maximum atomic E-state index is 10.7. The summed E-state index contributed by atoms with van der Waals surface area (Å²) in [6, 6.07) is 0. The van der Waals surface area contributed by atoms with Gasteiger partial charge in [0.15, 0.2) is 0 Å². The molecule has 0 spiro atoms. The maximum Gasteiger partial charge on any atom is 0.147 e. The first-order chi connectivity index (χ1) is 5.41. The lowest BCUT2D eigenvalue weighted by molar-refractivity contribution is -0.0174. The number of aliphatic hydroxyl groups is 1. The zero-order valence-electron chi connectivity index (χ0n) is 7.21. The van der Waals surface area contributed by atoms with Crippen LogP contribution >= 0.6 is 0 Å². The van der Waals surface area contributed by atoms with E-state index in [0.29, 0.717) is 25.9 Å². The zero-order valence-corrected chi connectivity index (χ0v) is 8.02. The SMILES string of the molecule is CS(=O)(=O)CCCC1(O)CNC1. The Morgan fingerprint density at radius 3 is 2.42 bits per heavy atom. The van der Waals surface area contributed by atoms with E-state index in [0.717, 1.165) is 0 Å². The van der Waals surface area contributed by atoms with Crippen molar-refractivity contribution in [2.75, 3.05) is 25.1 Å². The van der Waals surface area contributed by atoms with Crippen LogP contribution < -0.4 is 5.32 Å². The Balaban J connectivity index is 2.18. The Morgan fingerprint density at radius 2 is 2.08 bits per heavy atom. The van der Waals surface area contributed by atoms with Gasteiger partial charge in [-0.05, 0) is 12.8 Å². The lowest BCUT2D eigenvalue weighted by Crippen LogP contribution is -2.59. The minimum Gasteiger partial charge on any atom is -0.387 e. The Labute approximate surface area is 72.9 Å². The number of hydrogen-bond acceptors (Lipinski definition) is 4. The number of sulfone groups is 1. The minimum absolute atomic E-state index is 0.176. The Morgan fingerprint density at radius 1 is 1.50 bits per heavy atom. The van der Waals surface area contributed by atoms with Gasteiger partial charge in [0.2, 0.25) is 0 Å². The second kappa shape index (κ2) is 3.32. The molecule has 0 amide bonds. The normalized spacial score (nSPS) is 21.8. The van der Waals surface area contributed by atoms with Gasteiger partial charge >= 0.3 is 0 Å².